The van der Waals surface area contributed by atoms with Gasteiger partial charge in [-0.05, 0) is 13.0 Å². The lowest BCUT2D eigenvalue weighted by Crippen LogP contribution is -2.27. The number of primary sulfonamides is 1. The van der Waals surface area contributed by atoms with Crippen LogP contribution in [0.5, 0.6) is 0 Å². The van der Waals surface area contributed by atoms with Gasteiger partial charge in [0.2, 0.25) is 10.0 Å². The number of carbonyl (C=O) groups excluding carboxylic acids is 1. The molecule has 1 amide bonds. The van der Waals surface area contributed by atoms with Crippen molar-refractivity contribution in [3.05, 3.63) is 18.0 Å². The van der Waals surface area contributed by atoms with Crippen LogP contribution in [0.4, 0.5) is 0 Å². The third kappa shape index (κ3) is 2.42. The molecule has 1 aromatic rings. The number of hydrogen-bond acceptors (Lipinski definition) is 3. The van der Waals surface area contributed by atoms with E-state index in [4.69, 9.17) is 5.14 Å². The number of aromatic nitrogens is 1. The van der Waals surface area contributed by atoms with Crippen LogP contribution in [0.25, 0.3) is 0 Å². The van der Waals surface area contributed by atoms with Gasteiger partial charge < -0.3 is 9.47 Å². The van der Waals surface area contributed by atoms with Gasteiger partial charge >= 0.3 is 0 Å². The zero-order valence-electron chi connectivity index (χ0n) is 9.47. The summed E-state index contributed by atoms with van der Waals surface area (Å²) in [4.78, 5) is 13.2. The van der Waals surface area contributed by atoms with E-state index in [1.165, 1.54) is 21.7 Å². The average Bonchev–Trinajstić information content (AvgIpc) is 2.57. The summed E-state index contributed by atoms with van der Waals surface area (Å²) in [5.41, 5.74) is 0.299. The molecule has 0 atom stereocenters. The maximum absolute atomic E-state index is 11.8. The smallest absolute Gasteiger partial charge is 0.270 e. The maximum Gasteiger partial charge on any atom is 0.270 e. The van der Waals surface area contributed by atoms with E-state index in [1.807, 2.05) is 6.92 Å². The second-order valence-electron chi connectivity index (χ2n) is 3.54. The van der Waals surface area contributed by atoms with Crippen molar-refractivity contribution in [1.82, 2.24) is 9.47 Å². The van der Waals surface area contributed by atoms with Crippen molar-refractivity contribution in [3.8, 4) is 0 Å². The number of nitrogens with two attached hydrogens (primary N) is 1. The molecule has 0 saturated carbocycles. The quantitative estimate of drug-likeness (QED) is 0.797. The Balaban J connectivity index is 3.18. The van der Waals surface area contributed by atoms with Crippen molar-refractivity contribution < 1.29 is 13.2 Å². The summed E-state index contributed by atoms with van der Waals surface area (Å²) >= 11 is 0. The van der Waals surface area contributed by atoms with Crippen molar-refractivity contribution in [2.75, 3.05) is 13.6 Å². The molecule has 0 aromatic carbocycles. The molecule has 1 heterocycles. The van der Waals surface area contributed by atoms with Gasteiger partial charge in [0.1, 0.15) is 10.6 Å². The van der Waals surface area contributed by atoms with Gasteiger partial charge in [-0.1, -0.05) is 0 Å². The molecule has 1 aromatic heterocycles. The van der Waals surface area contributed by atoms with Crippen LogP contribution in [0.1, 0.15) is 17.4 Å². The standard InChI is InChI=1S/C9H15N3O3S/c1-4-11(2)9(13)8-5-7(6-12(8)3)16(10,14)15/h5-6H,4H2,1-3H3,(H2,10,14,15). The van der Waals surface area contributed by atoms with Crippen molar-refractivity contribution in [1.29, 1.82) is 0 Å². The Bertz CT molecular complexity index is 504. The molecule has 0 saturated heterocycles. The van der Waals surface area contributed by atoms with Gasteiger partial charge in [0.25, 0.3) is 5.91 Å². The number of amides is 1. The number of nitrogens with zero attached hydrogens (tertiary/aromatic N) is 2. The third-order valence-electron chi connectivity index (χ3n) is 2.35. The van der Waals surface area contributed by atoms with Gasteiger partial charge in [-0.3, -0.25) is 4.79 Å². The Kier molecular flexibility index (Phi) is 3.39. The summed E-state index contributed by atoms with van der Waals surface area (Å²) in [6, 6.07) is 1.28. The zero-order valence-corrected chi connectivity index (χ0v) is 10.3. The molecule has 0 aliphatic carbocycles. The molecule has 6 nitrogen and oxygen atoms in total. The van der Waals surface area contributed by atoms with Crippen LogP contribution in [0, 0.1) is 0 Å². The van der Waals surface area contributed by atoms with Gasteiger partial charge in [0.15, 0.2) is 0 Å². The van der Waals surface area contributed by atoms with Crippen molar-refractivity contribution in [3.63, 3.8) is 0 Å². The number of rotatable bonds is 3. The first-order chi connectivity index (χ1) is 7.27. The lowest BCUT2D eigenvalue weighted by Gasteiger charge is -2.14. The fourth-order valence-corrected chi connectivity index (χ4v) is 1.82. The summed E-state index contributed by atoms with van der Waals surface area (Å²) in [7, 11) is -0.515. The van der Waals surface area contributed by atoms with Crippen LogP contribution in [0.15, 0.2) is 17.2 Å². The second kappa shape index (κ2) is 4.26. The van der Waals surface area contributed by atoms with Gasteiger partial charge in [0.05, 0.1) is 0 Å². The van der Waals surface area contributed by atoms with Crippen LogP contribution in [0.2, 0.25) is 0 Å². The molecule has 0 aliphatic rings. The molecular formula is C9H15N3O3S. The van der Waals surface area contributed by atoms with Crippen LogP contribution in [-0.4, -0.2) is 37.4 Å². The highest BCUT2D eigenvalue weighted by Gasteiger charge is 2.19. The fraction of sp³-hybridized carbons (Fsp3) is 0.444. The van der Waals surface area contributed by atoms with E-state index in [1.54, 1.807) is 14.1 Å². The van der Waals surface area contributed by atoms with Crippen molar-refractivity contribution >= 4 is 15.9 Å². The minimum Gasteiger partial charge on any atom is -0.345 e. The zero-order chi connectivity index (χ0) is 12.5. The first-order valence-corrected chi connectivity index (χ1v) is 6.26. The number of carbonyl (C=O) groups is 1. The number of aryl methyl sites for hydroxylation is 1. The molecule has 0 fully saturated rings. The Morgan fingerprint density at radius 2 is 2.12 bits per heavy atom. The molecule has 16 heavy (non-hydrogen) atoms. The van der Waals surface area contributed by atoms with Gasteiger partial charge in [-0.15, -0.1) is 0 Å². The molecule has 0 bridgehead atoms. The lowest BCUT2D eigenvalue weighted by molar-refractivity contribution is 0.0793. The highest BCUT2D eigenvalue weighted by Crippen LogP contribution is 2.13. The molecule has 1 rings (SSSR count). The van der Waals surface area contributed by atoms with Crippen LogP contribution in [0.3, 0.4) is 0 Å². The van der Waals surface area contributed by atoms with E-state index >= 15 is 0 Å². The third-order valence-corrected chi connectivity index (χ3v) is 3.23. The summed E-state index contributed by atoms with van der Waals surface area (Å²) in [5.74, 6) is -0.236. The van der Waals surface area contributed by atoms with E-state index in [2.05, 4.69) is 0 Å². The van der Waals surface area contributed by atoms with Crippen LogP contribution in [-0.2, 0) is 17.1 Å². The van der Waals surface area contributed by atoms with Gasteiger partial charge in [0, 0.05) is 26.8 Å². The molecule has 2 N–H and O–H groups in total. The Hall–Kier alpha value is -1.34. The molecule has 7 heteroatoms. The highest BCUT2D eigenvalue weighted by atomic mass is 32.2. The van der Waals surface area contributed by atoms with Crippen molar-refractivity contribution in [2.24, 2.45) is 12.2 Å². The minimum absolute atomic E-state index is 0.0529. The lowest BCUT2D eigenvalue weighted by atomic mass is 10.3. The monoisotopic (exact) mass is 245 g/mol. The summed E-state index contributed by atoms with van der Waals surface area (Å²) in [6.45, 7) is 2.39. The number of hydrogen-bond donors (Lipinski definition) is 1. The Morgan fingerprint density at radius 1 is 1.56 bits per heavy atom. The predicted molar refractivity (Wildman–Crippen MR) is 59.4 cm³/mol. The topological polar surface area (TPSA) is 85.4 Å². The normalized spacial score (nSPS) is 11.5. The predicted octanol–water partition coefficient (Wildman–Crippen LogP) is -0.236. The molecule has 0 spiro atoms. The van der Waals surface area contributed by atoms with E-state index in [9.17, 15) is 13.2 Å². The van der Waals surface area contributed by atoms with Gasteiger partial charge in [-0.2, -0.15) is 0 Å². The second-order valence-corrected chi connectivity index (χ2v) is 5.10. The molecule has 0 radical (unpaired) electrons. The number of sulfonamides is 1. The first kappa shape index (κ1) is 12.7. The molecule has 90 valence electrons. The highest BCUT2D eigenvalue weighted by molar-refractivity contribution is 7.89. The summed E-state index contributed by atoms with van der Waals surface area (Å²) in [5, 5.41) is 4.98. The minimum atomic E-state index is -3.76. The summed E-state index contributed by atoms with van der Waals surface area (Å²) in [6.07, 6.45) is 1.33. The van der Waals surface area contributed by atoms with E-state index < -0.39 is 10.0 Å². The maximum atomic E-state index is 11.8. The summed E-state index contributed by atoms with van der Waals surface area (Å²) < 4.78 is 23.7. The first-order valence-electron chi connectivity index (χ1n) is 4.72. The molecule has 0 aliphatic heterocycles. The van der Waals surface area contributed by atoms with E-state index in [0.717, 1.165) is 0 Å². The largest absolute Gasteiger partial charge is 0.345 e. The molecule has 0 unspecified atom stereocenters. The SMILES string of the molecule is CCN(C)C(=O)c1cc(S(N)(=O)=O)cn1C. The Labute approximate surface area is 94.7 Å². The van der Waals surface area contributed by atoms with E-state index in [-0.39, 0.29) is 10.8 Å². The molecular weight excluding hydrogens is 230 g/mol. The van der Waals surface area contributed by atoms with Crippen molar-refractivity contribution in [2.45, 2.75) is 11.8 Å². The van der Waals surface area contributed by atoms with E-state index in [0.29, 0.717) is 12.2 Å². The van der Waals surface area contributed by atoms with Crippen LogP contribution < -0.4 is 5.14 Å². The fourth-order valence-electron chi connectivity index (χ4n) is 1.24. The Morgan fingerprint density at radius 3 is 2.50 bits per heavy atom. The van der Waals surface area contributed by atoms with Gasteiger partial charge in [-0.25, -0.2) is 13.6 Å². The van der Waals surface area contributed by atoms with Crippen LogP contribution >= 0.6 is 0 Å². The average molecular weight is 245 g/mol.